The number of fused-ring (bicyclic) bond motifs is 2. The largest absolute Gasteiger partial charge is 0.495 e. The van der Waals surface area contributed by atoms with Gasteiger partial charge in [0, 0.05) is 71.7 Å². The highest BCUT2D eigenvalue weighted by molar-refractivity contribution is 6.24. The van der Waals surface area contributed by atoms with Gasteiger partial charge in [-0.25, -0.2) is 0 Å². The quantitative estimate of drug-likeness (QED) is 0.105. The Hall–Kier alpha value is -4.60. The molecule has 0 saturated carbocycles. The summed E-state index contributed by atoms with van der Waals surface area (Å²) in [6.45, 7) is 18.1. The number of carbonyl (C=O) groups is 1. The predicted molar refractivity (Wildman–Crippen MR) is 184 cm³/mol. The van der Waals surface area contributed by atoms with Crippen LogP contribution in [-0.2, 0) is 20.4 Å². The van der Waals surface area contributed by atoms with Gasteiger partial charge in [0.25, 0.3) is 11.4 Å². The molecule has 5 rings (SSSR count). The molecule has 0 bridgehead atoms. The number of anilines is 1. The molecule has 0 atom stereocenters. The number of benzene rings is 2. The van der Waals surface area contributed by atoms with E-state index in [0.717, 1.165) is 46.8 Å². The van der Waals surface area contributed by atoms with Gasteiger partial charge in [0.15, 0.2) is 5.71 Å². The van der Waals surface area contributed by atoms with Crippen LogP contribution in [0.1, 0.15) is 79.4 Å². The first-order chi connectivity index (χ1) is 22.0. The van der Waals surface area contributed by atoms with E-state index >= 15 is 0 Å². The van der Waals surface area contributed by atoms with E-state index in [1.54, 1.807) is 19.2 Å². The molecule has 2 aromatic carbocycles. The molecule has 47 heavy (non-hydrogen) atoms. The van der Waals surface area contributed by atoms with Crippen LogP contribution in [0.2, 0.25) is 0 Å². The van der Waals surface area contributed by atoms with Gasteiger partial charge < -0.3 is 9.64 Å². The van der Waals surface area contributed by atoms with E-state index in [1.807, 2.05) is 52.0 Å². The van der Waals surface area contributed by atoms with Gasteiger partial charge >= 0.3 is 0 Å². The number of non-ortho nitro benzene ring substituents is 2. The van der Waals surface area contributed by atoms with Crippen LogP contribution in [0.4, 0.5) is 22.7 Å². The summed E-state index contributed by atoms with van der Waals surface area (Å²) in [6, 6.07) is 9.97. The van der Waals surface area contributed by atoms with Gasteiger partial charge in [-0.05, 0) is 49.8 Å². The summed E-state index contributed by atoms with van der Waals surface area (Å²) in [5, 5.41) is 23.3. The molecule has 3 aliphatic rings. The Labute approximate surface area is 276 Å². The first-order valence-corrected chi connectivity index (χ1v) is 16.3. The molecule has 0 amide bonds. The maximum atomic E-state index is 14.0. The van der Waals surface area contributed by atoms with Crippen LogP contribution in [0.5, 0.6) is 0 Å². The van der Waals surface area contributed by atoms with Crippen LogP contribution in [0.15, 0.2) is 71.2 Å². The molecule has 2 heterocycles. The first kappa shape index (κ1) is 33.8. The Bertz CT molecular complexity index is 1810. The van der Waals surface area contributed by atoms with Crippen molar-refractivity contribution in [2.75, 3.05) is 25.1 Å². The van der Waals surface area contributed by atoms with Crippen LogP contribution in [0.25, 0.3) is 0 Å². The van der Waals surface area contributed by atoms with Crippen LogP contribution in [0, 0.1) is 32.1 Å². The van der Waals surface area contributed by atoms with Gasteiger partial charge in [0.05, 0.1) is 33.5 Å². The number of carbonyl (C=O) groups excluding carboxylic acids is 1. The van der Waals surface area contributed by atoms with E-state index < -0.39 is 10.8 Å². The van der Waals surface area contributed by atoms with Gasteiger partial charge in [-0.2, -0.15) is 4.58 Å². The molecule has 0 saturated heterocycles. The number of ether oxygens (including phenoxy) is 1. The normalized spacial score (nSPS) is 19.6. The number of rotatable bonds is 11. The minimum absolute atomic E-state index is 0.0353. The molecule has 0 fully saturated rings. The van der Waals surface area contributed by atoms with Gasteiger partial charge in [-0.1, -0.05) is 41.5 Å². The Morgan fingerprint density at radius 1 is 0.872 bits per heavy atom. The highest BCUT2D eigenvalue weighted by Crippen LogP contribution is 2.51. The van der Waals surface area contributed by atoms with E-state index in [0.29, 0.717) is 41.8 Å². The molecule has 0 unspecified atom stereocenters. The molecule has 10 nitrogen and oxygen atoms in total. The SMILES string of the molecule is COC1=C(/C=C2\N(CCC(C)C)c3ccc([N+](=O)[O-])cc3C2(C)C)C(=O)/C1=C/C1=[N+](CCC(C)C)c2ccc([N+](=O)[O-])cc2C1(C)C. The van der Waals surface area contributed by atoms with E-state index in [1.165, 1.54) is 12.1 Å². The van der Waals surface area contributed by atoms with E-state index in [2.05, 4.69) is 37.2 Å². The maximum absolute atomic E-state index is 14.0. The third-order valence-electron chi connectivity index (χ3n) is 9.78. The summed E-state index contributed by atoms with van der Waals surface area (Å²) in [7, 11) is 1.56. The molecule has 10 heteroatoms. The zero-order chi connectivity index (χ0) is 34.6. The minimum Gasteiger partial charge on any atom is -0.495 e. The van der Waals surface area contributed by atoms with Crippen molar-refractivity contribution in [3.63, 3.8) is 0 Å². The summed E-state index contributed by atoms with van der Waals surface area (Å²) in [5.41, 5.74) is 5.06. The van der Waals surface area contributed by atoms with Gasteiger partial charge in [0.1, 0.15) is 12.3 Å². The van der Waals surface area contributed by atoms with Crippen LogP contribution < -0.4 is 4.90 Å². The van der Waals surface area contributed by atoms with Crippen molar-refractivity contribution in [3.8, 4) is 0 Å². The zero-order valence-electron chi connectivity index (χ0n) is 28.8. The van der Waals surface area contributed by atoms with Crippen LogP contribution in [-0.4, -0.2) is 46.1 Å². The molecule has 248 valence electrons. The third-order valence-corrected chi connectivity index (χ3v) is 9.78. The van der Waals surface area contributed by atoms with E-state index in [4.69, 9.17) is 4.74 Å². The van der Waals surface area contributed by atoms with Gasteiger partial charge in [-0.3, -0.25) is 25.0 Å². The molecule has 0 radical (unpaired) electrons. The Morgan fingerprint density at radius 3 is 2.04 bits per heavy atom. The average molecular weight is 642 g/mol. The summed E-state index contributed by atoms with van der Waals surface area (Å²) in [4.78, 5) is 38.8. The third kappa shape index (κ3) is 5.79. The fourth-order valence-electron chi connectivity index (χ4n) is 6.92. The highest BCUT2D eigenvalue weighted by atomic mass is 16.6. The maximum Gasteiger partial charge on any atom is 0.270 e. The zero-order valence-corrected chi connectivity index (χ0v) is 28.8. The van der Waals surface area contributed by atoms with Crippen molar-refractivity contribution in [2.24, 2.45) is 11.8 Å². The summed E-state index contributed by atoms with van der Waals surface area (Å²) in [5.74, 6) is 1.21. The standard InChI is InChI=1S/C37H45N4O6/c1-22(2)14-16-38-30-12-10-24(40(43)44)18-28(30)36(5,6)32(38)20-26-34(42)27(35(26)47-9)21-33-37(7,8)29-19-25(41(45)46)11-13-31(29)39(33)17-15-23(3)4/h10-13,18-23H,14-17H2,1-9H3/q+1. The van der Waals surface area contributed by atoms with E-state index in [9.17, 15) is 25.0 Å². The van der Waals surface area contributed by atoms with E-state index in [-0.39, 0.29) is 27.0 Å². The summed E-state index contributed by atoms with van der Waals surface area (Å²) >= 11 is 0. The topological polar surface area (TPSA) is 119 Å². The molecular weight excluding hydrogens is 596 g/mol. The number of nitrogens with zero attached hydrogens (tertiary/aromatic N) is 4. The van der Waals surface area contributed by atoms with Crippen LogP contribution in [0.3, 0.4) is 0 Å². The molecule has 0 aromatic heterocycles. The number of ketones is 1. The number of Topliss-reactive ketones (excluding diaryl/α,β-unsaturated/α-hetero) is 1. The fourth-order valence-corrected chi connectivity index (χ4v) is 6.92. The monoisotopic (exact) mass is 641 g/mol. The molecule has 1 aliphatic carbocycles. The second kappa shape index (κ2) is 12.2. The minimum atomic E-state index is -0.601. The molecule has 0 N–H and O–H groups in total. The number of methoxy groups -OCH3 is 1. The lowest BCUT2D eigenvalue weighted by Crippen LogP contribution is -2.33. The Morgan fingerprint density at radius 2 is 1.47 bits per heavy atom. The van der Waals surface area contributed by atoms with Crippen molar-refractivity contribution >= 4 is 34.2 Å². The Kier molecular flexibility index (Phi) is 8.77. The number of hydrogen-bond donors (Lipinski definition) is 0. The Balaban J connectivity index is 1.63. The van der Waals surface area contributed by atoms with Crippen molar-refractivity contribution in [1.29, 1.82) is 0 Å². The number of nitro groups is 2. The number of nitro benzene ring substituents is 2. The first-order valence-electron chi connectivity index (χ1n) is 16.3. The number of allylic oxidation sites excluding steroid dienone is 5. The van der Waals surface area contributed by atoms with Crippen molar-refractivity contribution in [3.05, 3.63) is 103 Å². The molecular formula is C37H45N4O6+. The lowest BCUT2D eigenvalue weighted by Gasteiger charge is -2.30. The summed E-state index contributed by atoms with van der Waals surface area (Å²) < 4.78 is 8.06. The van der Waals surface area contributed by atoms with Crippen molar-refractivity contribution in [2.45, 2.75) is 79.1 Å². The van der Waals surface area contributed by atoms with Gasteiger partial charge in [-0.15, -0.1) is 0 Å². The second-order valence-corrected chi connectivity index (χ2v) is 14.6. The average Bonchev–Trinajstić information content (AvgIpc) is 3.35. The lowest BCUT2D eigenvalue weighted by atomic mass is 9.77. The fraction of sp³-hybridized carbons (Fsp3) is 0.459. The van der Waals surface area contributed by atoms with Crippen molar-refractivity contribution < 1.29 is 24.0 Å². The smallest absolute Gasteiger partial charge is 0.270 e. The highest BCUT2D eigenvalue weighted by Gasteiger charge is 2.48. The predicted octanol–water partition coefficient (Wildman–Crippen LogP) is 8.06. The lowest BCUT2D eigenvalue weighted by molar-refractivity contribution is -0.439. The summed E-state index contributed by atoms with van der Waals surface area (Å²) in [6.07, 6.45) is 5.59. The van der Waals surface area contributed by atoms with Crippen LogP contribution >= 0.6 is 0 Å². The molecule has 2 aromatic rings. The van der Waals surface area contributed by atoms with Crippen molar-refractivity contribution in [1.82, 2.24) is 0 Å². The second-order valence-electron chi connectivity index (χ2n) is 14.6. The number of hydrogen-bond acceptors (Lipinski definition) is 7. The molecule has 2 aliphatic heterocycles. The van der Waals surface area contributed by atoms with Gasteiger partial charge in [0.2, 0.25) is 11.5 Å². The molecule has 0 spiro atoms.